The maximum absolute atomic E-state index is 11.7. The SMILES string of the molecule is Cc1cc(CC(=O)NC(C)(C)CN)n(C)n1. The standard InChI is InChI=1S/C11H20N4O/c1-8-5-9(15(4)14-8)6-10(16)13-11(2,3)7-12/h5H,6-7,12H2,1-4H3,(H,13,16). The Kier molecular flexibility index (Phi) is 3.70. The Morgan fingerprint density at radius 1 is 1.62 bits per heavy atom. The van der Waals surface area contributed by atoms with Crippen LogP contribution in [0.15, 0.2) is 6.07 Å². The normalized spacial score (nSPS) is 11.6. The second-order valence-electron chi connectivity index (χ2n) is 4.71. The van der Waals surface area contributed by atoms with Crippen LogP contribution in [0.1, 0.15) is 25.2 Å². The van der Waals surface area contributed by atoms with Crippen LogP contribution in [0.4, 0.5) is 0 Å². The molecule has 1 amide bonds. The molecule has 0 spiro atoms. The summed E-state index contributed by atoms with van der Waals surface area (Å²) in [4.78, 5) is 11.7. The van der Waals surface area contributed by atoms with Gasteiger partial charge in [-0.05, 0) is 26.8 Å². The minimum absolute atomic E-state index is 0.0292. The van der Waals surface area contributed by atoms with Crippen LogP contribution >= 0.6 is 0 Å². The minimum Gasteiger partial charge on any atom is -0.350 e. The molecule has 0 radical (unpaired) electrons. The lowest BCUT2D eigenvalue weighted by Gasteiger charge is -2.24. The largest absolute Gasteiger partial charge is 0.350 e. The Morgan fingerprint density at radius 3 is 2.69 bits per heavy atom. The molecule has 1 rings (SSSR count). The average molecular weight is 224 g/mol. The number of aromatic nitrogens is 2. The molecule has 3 N–H and O–H groups in total. The van der Waals surface area contributed by atoms with Crippen molar-refractivity contribution in [3.05, 3.63) is 17.5 Å². The van der Waals surface area contributed by atoms with Crippen LogP contribution in [0.5, 0.6) is 0 Å². The number of hydrogen-bond acceptors (Lipinski definition) is 3. The summed E-state index contributed by atoms with van der Waals surface area (Å²) in [6.07, 6.45) is 0.334. The molecule has 5 heteroatoms. The zero-order valence-corrected chi connectivity index (χ0v) is 10.4. The number of amides is 1. The van der Waals surface area contributed by atoms with E-state index in [1.165, 1.54) is 0 Å². The molecule has 0 unspecified atom stereocenters. The summed E-state index contributed by atoms with van der Waals surface area (Å²) in [5.41, 5.74) is 7.02. The van der Waals surface area contributed by atoms with Gasteiger partial charge in [0.2, 0.25) is 5.91 Å². The predicted molar refractivity (Wildman–Crippen MR) is 62.9 cm³/mol. The highest BCUT2D eigenvalue weighted by Crippen LogP contribution is 2.04. The van der Waals surface area contributed by atoms with Crippen LogP contribution in [0.3, 0.4) is 0 Å². The molecule has 0 aliphatic carbocycles. The highest BCUT2D eigenvalue weighted by Gasteiger charge is 2.19. The summed E-state index contributed by atoms with van der Waals surface area (Å²) in [5.74, 6) is -0.0292. The Labute approximate surface area is 96.0 Å². The molecule has 0 bridgehead atoms. The van der Waals surface area contributed by atoms with Crippen molar-refractivity contribution in [2.24, 2.45) is 12.8 Å². The smallest absolute Gasteiger partial charge is 0.226 e. The molecule has 1 aromatic rings. The van der Waals surface area contributed by atoms with E-state index in [2.05, 4.69) is 10.4 Å². The molecule has 90 valence electrons. The quantitative estimate of drug-likeness (QED) is 0.763. The van der Waals surface area contributed by atoms with E-state index in [9.17, 15) is 4.79 Å². The summed E-state index contributed by atoms with van der Waals surface area (Å²) >= 11 is 0. The lowest BCUT2D eigenvalue weighted by molar-refractivity contribution is -0.122. The van der Waals surface area contributed by atoms with Gasteiger partial charge < -0.3 is 11.1 Å². The molecule has 0 atom stereocenters. The van der Waals surface area contributed by atoms with Crippen molar-refractivity contribution in [1.82, 2.24) is 15.1 Å². The first-order valence-electron chi connectivity index (χ1n) is 5.34. The topological polar surface area (TPSA) is 72.9 Å². The van der Waals surface area contributed by atoms with Gasteiger partial charge in [-0.2, -0.15) is 5.10 Å². The molecule has 1 aromatic heterocycles. The van der Waals surface area contributed by atoms with Crippen molar-refractivity contribution in [3.8, 4) is 0 Å². The third kappa shape index (κ3) is 3.34. The fourth-order valence-corrected chi connectivity index (χ4v) is 1.47. The molecule has 16 heavy (non-hydrogen) atoms. The predicted octanol–water partition coefficient (Wildman–Crippen LogP) is 0.125. The number of rotatable bonds is 4. The van der Waals surface area contributed by atoms with Crippen molar-refractivity contribution in [1.29, 1.82) is 0 Å². The van der Waals surface area contributed by atoms with E-state index in [0.717, 1.165) is 11.4 Å². The number of hydrogen-bond donors (Lipinski definition) is 2. The summed E-state index contributed by atoms with van der Waals surface area (Å²) in [5, 5.41) is 7.08. The van der Waals surface area contributed by atoms with Gasteiger partial charge in [-0.25, -0.2) is 0 Å². The molecule has 0 saturated carbocycles. The average Bonchev–Trinajstić information content (AvgIpc) is 2.44. The maximum atomic E-state index is 11.7. The van der Waals surface area contributed by atoms with Gasteiger partial charge in [0.1, 0.15) is 0 Å². The van der Waals surface area contributed by atoms with E-state index in [4.69, 9.17) is 5.73 Å². The summed E-state index contributed by atoms with van der Waals surface area (Å²) in [6.45, 7) is 6.13. The van der Waals surface area contributed by atoms with Crippen LogP contribution in [-0.4, -0.2) is 27.8 Å². The van der Waals surface area contributed by atoms with Gasteiger partial charge in [0.05, 0.1) is 12.1 Å². The van der Waals surface area contributed by atoms with E-state index in [1.54, 1.807) is 4.68 Å². The number of nitrogens with two attached hydrogens (primary N) is 1. The second-order valence-corrected chi connectivity index (χ2v) is 4.71. The Hall–Kier alpha value is -1.36. The van der Waals surface area contributed by atoms with Crippen molar-refractivity contribution in [3.63, 3.8) is 0 Å². The molecule has 0 aliphatic rings. The second kappa shape index (κ2) is 4.65. The fourth-order valence-electron chi connectivity index (χ4n) is 1.47. The Bertz CT molecular complexity index is 381. The van der Waals surface area contributed by atoms with Crippen LogP contribution in [0.2, 0.25) is 0 Å². The molecule has 5 nitrogen and oxygen atoms in total. The molecular weight excluding hydrogens is 204 g/mol. The van der Waals surface area contributed by atoms with E-state index >= 15 is 0 Å². The van der Waals surface area contributed by atoms with E-state index < -0.39 is 0 Å². The van der Waals surface area contributed by atoms with Crippen LogP contribution in [0.25, 0.3) is 0 Å². The number of carbonyl (C=O) groups excluding carboxylic acids is 1. The van der Waals surface area contributed by atoms with Gasteiger partial charge in [-0.3, -0.25) is 9.48 Å². The third-order valence-electron chi connectivity index (χ3n) is 2.43. The van der Waals surface area contributed by atoms with Crippen molar-refractivity contribution >= 4 is 5.91 Å². The molecule has 1 heterocycles. The lowest BCUT2D eigenvalue weighted by atomic mass is 10.1. The van der Waals surface area contributed by atoms with E-state index in [1.807, 2.05) is 33.9 Å². The first-order chi connectivity index (χ1) is 7.34. The first kappa shape index (κ1) is 12.7. The summed E-state index contributed by atoms with van der Waals surface area (Å²) < 4.78 is 1.73. The lowest BCUT2D eigenvalue weighted by Crippen LogP contribution is -2.49. The number of nitrogens with one attached hydrogen (secondary N) is 1. The molecule has 0 aliphatic heterocycles. The molecule has 0 fully saturated rings. The molecule has 0 saturated heterocycles. The van der Waals surface area contributed by atoms with Gasteiger partial charge in [0.15, 0.2) is 0 Å². The summed E-state index contributed by atoms with van der Waals surface area (Å²) in [6, 6.07) is 1.91. The van der Waals surface area contributed by atoms with Crippen molar-refractivity contribution in [2.45, 2.75) is 32.7 Å². The number of carbonyl (C=O) groups is 1. The zero-order valence-electron chi connectivity index (χ0n) is 10.4. The van der Waals surface area contributed by atoms with Crippen molar-refractivity contribution in [2.75, 3.05) is 6.54 Å². The third-order valence-corrected chi connectivity index (χ3v) is 2.43. The summed E-state index contributed by atoms with van der Waals surface area (Å²) in [7, 11) is 1.84. The van der Waals surface area contributed by atoms with Gasteiger partial charge in [-0.15, -0.1) is 0 Å². The monoisotopic (exact) mass is 224 g/mol. The minimum atomic E-state index is -0.356. The van der Waals surface area contributed by atoms with Crippen molar-refractivity contribution < 1.29 is 4.79 Å². The maximum Gasteiger partial charge on any atom is 0.226 e. The van der Waals surface area contributed by atoms with Crippen LogP contribution < -0.4 is 11.1 Å². The van der Waals surface area contributed by atoms with Gasteiger partial charge in [0.25, 0.3) is 0 Å². The van der Waals surface area contributed by atoms with E-state index in [-0.39, 0.29) is 11.4 Å². The van der Waals surface area contributed by atoms with Crippen LogP contribution in [-0.2, 0) is 18.3 Å². The zero-order chi connectivity index (χ0) is 12.3. The number of aryl methyl sites for hydroxylation is 2. The van der Waals surface area contributed by atoms with Gasteiger partial charge >= 0.3 is 0 Å². The van der Waals surface area contributed by atoms with Gasteiger partial charge in [-0.1, -0.05) is 0 Å². The Balaban J connectivity index is 2.62. The first-order valence-corrected chi connectivity index (χ1v) is 5.34. The fraction of sp³-hybridized carbons (Fsp3) is 0.636. The highest BCUT2D eigenvalue weighted by molar-refractivity contribution is 5.78. The Morgan fingerprint density at radius 2 is 2.25 bits per heavy atom. The molecule has 0 aromatic carbocycles. The van der Waals surface area contributed by atoms with Gasteiger partial charge in [0, 0.05) is 24.8 Å². The molecular formula is C11H20N4O. The van der Waals surface area contributed by atoms with E-state index in [0.29, 0.717) is 13.0 Å². The van der Waals surface area contributed by atoms with Crippen LogP contribution in [0, 0.1) is 6.92 Å². The highest BCUT2D eigenvalue weighted by atomic mass is 16.1. The number of nitrogens with zero attached hydrogens (tertiary/aromatic N) is 2.